The van der Waals surface area contributed by atoms with Gasteiger partial charge in [0, 0.05) is 0 Å². The highest BCUT2D eigenvalue weighted by atomic mass is 35.5. The van der Waals surface area contributed by atoms with Gasteiger partial charge in [0.05, 0.1) is 23.4 Å². The molecule has 2 rings (SSSR count). The summed E-state index contributed by atoms with van der Waals surface area (Å²) in [5.74, 6) is 6.20. The molecule has 0 saturated carbocycles. The van der Waals surface area contributed by atoms with Gasteiger partial charge in [-0.15, -0.1) is 11.6 Å². The molecule has 2 nitrogen and oxygen atoms in total. The molecule has 3 heteroatoms. The third-order valence-electron chi connectivity index (χ3n) is 2.24. The van der Waals surface area contributed by atoms with Gasteiger partial charge in [-0.1, -0.05) is 11.8 Å². The van der Waals surface area contributed by atoms with E-state index in [1.807, 2.05) is 6.07 Å². The van der Waals surface area contributed by atoms with E-state index in [1.54, 1.807) is 12.5 Å². The Balaban J connectivity index is 1.96. The van der Waals surface area contributed by atoms with Crippen LogP contribution in [0.1, 0.15) is 24.8 Å². The number of alkyl halides is 1. The van der Waals surface area contributed by atoms with Crippen molar-refractivity contribution in [3.05, 3.63) is 24.2 Å². The molecule has 1 aliphatic rings. The van der Waals surface area contributed by atoms with Crippen LogP contribution in [-0.2, 0) is 0 Å². The molecule has 0 radical (unpaired) electrons. The minimum atomic E-state index is 0.0763. The molecule has 2 heterocycles. The molecule has 1 aromatic heterocycles. The molecule has 0 spiro atoms. The lowest BCUT2D eigenvalue weighted by atomic mass is 10.1. The van der Waals surface area contributed by atoms with Crippen molar-refractivity contribution in [3.63, 3.8) is 0 Å². The van der Waals surface area contributed by atoms with Crippen LogP contribution in [-0.4, -0.2) is 11.5 Å². The van der Waals surface area contributed by atoms with E-state index >= 15 is 0 Å². The quantitative estimate of drug-likeness (QED) is 0.403. The van der Waals surface area contributed by atoms with E-state index in [9.17, 15) is 0 Å². The van der Waals surface area contributed by atoms with Gasteiger partial charge in [0.2, 0.25) is 0 Å². The first-order valence-corrected chi connectivity index (χ1v) is 5.22. The predicted molar refractivity (Wildman–Crippen MR) is 56.0 cm³/mol. The van der Waals surface area contributed by atoms with E-state index in [0.717, 1.165) is 24.8 Å². The summed E-state index contributed by atoms with van der Waals surface area (Å²) < 4.78 is 4.93. The van der Waals surface area contributed by atoms with Crippen LogP contribution in [0.4, 0.5) is 0 Å². The van der Waals surface area contributed by atoms with Crippen molar-refractivity contribution in [2.45, 2.75) is 30.8 Å². The lowest BCUT2D eigenvalue weighted by Crippen LogP contribution is -2.38. The smallest absolute Gasteiger partial charge is 0.106 e. The molecule has 74 valence electrons. The van der Waals surface area contributed by atoms with Crippen molar-refractivity contribution < 1.29 is 4.42 Å². The van der Waals surface area contributed by atoms with Crippen molar-refractivity contribution in [3.8, 4) is 11.8 Å². The molecule has 0 aromatic carbocycles. The standard InChI is InChI=1S/C11H12ClNO/c12-11-3-1-2-10(13-11)5-4-9-6-7-14-8-9/h6-8,10-11,13H,1-3H2. The highest BCUT2D eigenvalue weighted by Gasteiger charge is 2.16. The van der Waals surface area contributed by atoms with Crippen molar-refractivity contribution in [2.75, 3.05) is 0 Å². The second-order valence-electron chi connectivity index (χ2n) is 3.40. The predicted octanol–water partition coefficient (Wildman–Crippen LogP) is 2.34. The second kappa shape index (κ2) is 4.54. The molecular weight excluding hydrogens is 198 g/mol. The van der Waals surface area contributed by atoms with Gasteiger partial charge in [0.25, 0.3) is 0 Å². The Morgan fingerprint density at radius 3 is 3.14 bits per heavy atom. The summed E-state index contributed by atoms with van der Waals surface area (Å²) in [6.07, 6.45) is 6.53. The number of furan rings is 1. The fourth-order valence-electron chi connectivity index (χ4n) is 1.51. The van der Waals surface area contributed by atoms with Gasteiger partial charge in [0.1, 0.15) is 6.26 Å². The van der Waals surface area contributed by atoms with E-state index in [1.165, 1.54) is 0 Å². The topological polar surface area (TPSA) is 25.2 Å². The zero-order chi connectivity index (χ0) is 9.80. The molecule has 0 amide bonds. The van der Waals surface area contributed by atoms with Crippen LogP contribution < -0.4 is 5.32 Å². The summed E-state index contributed by atoms with van der Waals surface area (Å²) in [6, 6.07) is 2.08. The summed E-state index contributed by atoms with van der Waals surface area (Å²) in [5.41, 5.74) is 0.996. The largest absolute Gasteiger partial charge is 0.471 e. The molecule has 2 unspecified atom stereocenters. The van der Waals surface area contributed by atoms with Crippen molar-refractivity contribution in [1.82, 2.24) is 5.32 Å². The maximum atomic E-state index is 5.97. The fraction of sp³-hybridized carbons (Fsp3) is 0.455. The Morgan fingerprint density at radius 1 is 1.50 bits per heavy atom. The van der Waals surface area contributed by atoms with E-state index in [-0.39, 0.29) is 11.5 Å². The van der Waals surface area contributed by atoms with Crippen LogP contribution in [0.25, 0.3) is 0 Å². The molecule has 0 bridgehead atoms. The van der Waals surface area contributed by atoms with Crippen molar-refractivity contribution >= 4 is 11.6 Å². The molecule has 1 N–H and O–H groups in total. The number of hydrogen-bond acceptors (Lipinski definition) is 2. The zero-order valence-electron chi connectivity index (χ0n) is 7.79. The molecule has 0 aliphatic carbocycles. The summed E-state index contributed by atoms with van der Waals surface area (Å²) in [5, 5.41) is 3.24. The van der Waals surface area contributed by atoms with E-state index < -0.39 is 0 Å². The fourth-order valence-corrected chi connectivity index (χ4v) is 1.81. The van der Waals surface area contributed by atoms with E-state index in [4.69, 9.17) is 16.0 Å². The molecule has 1 fully saturated rings. The van der Waals surface area contributed by atoms with Crippen LogP contribution in [0.5, 0.6) is 0 Å². The number of piperidine rings is 1. The number of nitrogens with one attached hydrogen (secondary N) is 1. The first kappa shape index (κ1) is 9.64. The first-order valence-electron chi connectivity index (χ1n) is 4.78. The van der Waals surface area contributed by atoms with Gasteiger partial charge in [-0.25, -0.2) is 0 Å². The van der Waals surface area contributed by atoms with Gasteiger partial charge in [0.15, 0.2) is 0 Å². The SMILES string of the molecule is ClC1CCCC(C#Cc2ccoc2)N1. The monoisotopic (exact) mass is 209 g/mol. The lowest BCUT2D eigenvalue weighted by molar-refractivity contribution is 0.434. The van der Waals surface area contributed by atoms with Gasteiger partial charge < -0.3 is 4.42 Å². The van der Waals surface area contributed by atoms with E-state index in [2.05, 4.69) is 17.2 Å². The number of hydrogen-bond donors (Lipinski definition) is 1. The third-order valence-corrected chi connectivity index (χ3v) is 2.59. The summed E-state index contributed by atoms with van der Waals surface area (Å²) in [4.78, 5) is 0. The zero-order valence-corrected chi connectivity index (χ0v) is 8.55. The Labute approximate surface area is 88.6 Å². The minimum absolute atomic E-state index is 0.0763. The Morgan fingerprint density at radius 2 is 2.43 bits per heavy atom. The maximum absolute atomic E-state index is 5.97. The van der Waals surface area contributed by atoms with Crippen LogP contribution in [0.3, 0.4) is 0 Å². The van der Waals surface area contributed by atoms with Gasteiger partial charge >= 0.3 is 0 Å². The minimum Gasteiger partial charge on any atom is -0.471 e. The number of halogens is 1. The highest BCUT2D eigenvalue weighted by Crippen LogP contribution is 2.14. The average Bonchev–Trinajstić information content (AvgIpc) is 2.67. The van der Waals surface area contributed by atoms with E-state index in [0.29, 0.717) is 0 Å². The summed E-state index contributed by atoms with van der Waals surface area (Å²) in [7, 11) is 0. The van der Waals surface area contributed by atoms with Crippen LogP contribution in [0.15, 0.2) is 23.0 Å². The summed E-state index contributed by atoms with van der Waals surface area (Å²) in [6.45, 7) is 0. The van der Waals surface area contributed by atoms with Crippen LogP contribution in [0.2, 0.25) is 0 Å². The average molecular weight is 210 g/mol. The van der Waals surface area contributed by atoms with Gasteiger partial charge in [-0.3, -0.25) is 5.32 Å². The molecule has 14 heavy (non-hydrogen) atoms. The molecule has 1 aliphatic heterocycles. The molecule has 1 aromatic rings. The Bertz CT molecular complexity index is 336. The van der Waals surface area contributed by atoms with Gasteiger partial charge in [-0.05, 0) is 25.3 Å². The molecular formula is C11H12ClNO. The third kappa shape index (κ3) is 2.54. The van der Waals surface area contributed by atoms with Crippen LogP contribution >= 0.6 is 11.6 Å². The molecule has 1 saturated heterocycles. The second-order valence-corrected chi connectivity index (χ2v) is 3.93. The Kier molecular flexibility index (Phi) is 3.13. The van der Waals surface area contributed by atoms with Crippen LogP contribution in [0, 0.1) is 11.8 Å². The van der Waals surface area contributed by atoms with Crippen molar-refractivity contribution in [1.29, 1.82) is 0 Å². The number of rotatable bonds is 0. The maximum Gasteiger partial charge on any atom is 0.106 e. The lowest BCUT2D eigenvalue weighted by Gasteiger charge is -2.23. The molecule has 2 atom stereocenters. The Hall–Kier alpha value is -0.910. The summed E-state index contributed by atoms with van der Waals surface area (Å²) >= 11 is 5.97. The van der Waals surface area contributed by atoms with Crippen molar-refractivity contribution in [2.24, 2.45) is 0 Å². The highest BCUT2D eigenvalue weighted by molar-refractivity contribution is 6.20. The first-order chi connectivity index (χ1) is 6.84. The van der Waals surface area contributed by atoms with Gasteiger partial charge in [-0.2, -0.15) is 0 Å². The normalized spacial score (nSPS) is 26.6.